The Bertz CT molecular complexity index is 520. The number of hydrogen-bond acceptors (Lipinski definition) is 3. The molecule has 3 rings (SSSR count). The molecule has 0 saturated heterocycles. The molecule has 92 valence electrons. The third-order valence-corrected chi connectivity index (χ3v) is 3.84. The second-order valence-corrected chi connectivity index (χ2v) is 4.91. The van der Waals surface area contributed by atoms with Crippen LogP contribution in [0.3, 0.4) is 0 Å². The van der Waals surface area contributed by atoms with Gasteiger partial charge in [0.05, 0.1) is 12.2 Å². The third-order valence-electron chi connectivity index (χ3n) is 3.84. The van der Waals surface area contributed by atoms with Crippen LogP contribution in [0.4, 0.5) is 0 Å². The second kappa shape index (κ2) is 4.86. The summed E-state index contributed by atoms with van der Waals surface area (Å²) >= 11 is 0. The van der Waals surface area contributed by atoms with Crippen LogP contribution in [0.1, 0.15) is 47.9 Å². The lowest BCUT2D eigenvalue weighted by Gasteiger charge is -2.29. The zero-order chi connectivity index (χ0) is 12.4. The molecule has 1 aromatic carbocycles. The van der Waals surface area contributed by atoms with E-state index in [4.69, 9.17) is 5.73 Å². The first-order valence-electron chi connectivity index (χ1n) is 6.47. The van der Waals surface area contributed by atoms with Gasteiger partial charge in [0.25, 0.3) is 0 Å². The van der Waals surface area contributed by atoms with Gasteiger partial charge in [0.1, 0.15) is 0 Å². The molecular weight excluding hydrogens is 222 g/mol. The zero-order valence-corrected chi connectivity index (χ0v) is 10.3. The van der Waals surface area contributed by atoms with E-state index in [1.54, 1.807) is 12.4 Å². The molecule has 1 fully saturated rings. The molecule has 0 bridgehead atoms. The predicted octanol–water partition coefficient (Wildman–Crippen LogP) is 2.79. The first-order chi connectivity index (χ1) is 8.86. The topological polar surface area (TPSA) is 51.8 Å². The quantitative estimate of drug-likeness (QED) is 0.896. The highest BCUT2D eigenvalue weighted by Crippen LogP contribution is 2.39. The Hall–Kier alpha value is -1.74. The summed E-state index contributed by atoms with van der Waals surface area (Å²) < 4.78 is 0. The highest BCUT2D eigenvalue weighted by atomic mass is 15.1. The van der Waals surface area contributed by atoms with Crippen molar-refractivity contribution in [3.63, 3.8) is 0 Å². The maximum atomic E-state index is 6.37. The third kappa shape index (κ3) is 2.02. The van der Waals surface area contributed by atoms with Gasteiger partial charge in [-0.05, 0) is 41.5 Å². The van der Waals surface area contributed by atoms with Gasteiger partial charge < -0.3 is 5.73 Å². The molecule has 3 heteroatoms. The SMILES string of the molecule is NC(c1ccnnc1)c1ccccc1C1CCC1. The van der Waals surface area contributed by atoms with Crippen molar-refractivity contribution in [1.82, 2.24) is 10.2 Å². The molecule has 2 aromatic rings. The largest absolute Gasteiger partial charge is 0.320 e. The number of hydrogen-bond donors (Lipinski definition) is 1. The number of benzene rings is 1. The summed E-state index contributed by atoms with van der Waals surface area (Å²) in [6.07, 6.45) is 7.37. The molecule has 1 aromatic heterocycles. The van der Waals surface area contributed by atoms with Crippen LogP contribution >= 0.6 is 0 Å². The van der Waals surface area contributed by atoms with Gasteiger partial charge in [0.15, 0.2) is 0 Å². The summed E-state index contributed by atoms with van der Waals surface area (Å²) in [7, 11) is 0. The molecule has 0 aliphatic heterocycles. The summed E-state index contributed by atoms with van der Waals surface area (Å²) in [5, 5.41) is 7.71. The first kappa shape index (κ1) is 11.4. The van der Waals surface area contributed by atoms with Gasteiger partial charge in [-0.2, -0.15) is 10.2 Å². The van der Waals surface area contributed by atoms with Crippen LogP contribution in [-0.4, -0.2) is 10.2 Å². The highest BCUT2D eigenvalue weighted by molar-refractivity contribution is 5.38. The van der Waals surface area contributed by atoms with Gasteiger partial charge in [-0.15, -0.1) is 0 Å². The van der Waals surface area contributed by atoms with Gasteiger partial charge in [-0.25, -0.2) is 0 Å². The average molecular weight is 239 g/mol. The molecule has 3 nitrogen and oxygen atoms in total. The minimum absolute atomic E-state index is 0.0997. The minimum atomic E-state index is -0.0997. The molecule has 1 atom stereocenters. The van der Waals surface area contributed by atoms with Crippen LogP contribution in [0, 0.1) is 0 Å². The molecule has 1 aliphatic rings. The lowest BCUT2D eigenvalue weighted by Crippen LogP contribution is -2.18. The standard InChI is InChI=1S/C15H17N3/c16-15(12-8-9-17-18-10-12)14-7-2-1-6-13(14)11-4-3-5-11/h1-2,6-11,15H,3-5,16H2. The van der Waals surface area contributed by atoms with Crippen molar-refractivity contribution in [3.05, 3.63) is 59.4 Å². The van der Waals surface area contributed by atoms with E-state index >= 15 is 0 Å². The molecule has 0 spiro atoms. The van der Waals surface area contributed by atoms with E-state index < -0.39 is 0 Å². The Labute approximate surface area is 107 Å². The molecule has 1 heterocycles. The average Bonchev–Trinajstić information content (AvgIpc) is 2.38. The van der Waals surface area contributed by atoms with Gasteiger partial charge in [0.2, 0.25) is 0 Å². The van der Waals surface area contributed by atoms with E-state index in [-0.39, 0.29) is 6.04 Å². The van der Waals surface area contributed by atoms with Crippen molar-refractivity contribution in [2.24, 2.45) is 5.73 Å². The molecule has 18 heavy (non-hydrogen) atoms. The monoisotopic (exact) mass is 239 g/mol. The first-order valence-corrected chi connectivity index (χ1v) is 6.47. The van der Waals surface area contributed by atoms with E-state index in [9.17, 15) is 0 Å². The number of nitrogens with zero attached hydrogens (tertiary/aromatic N) is 2. The van der Waals surface area contributed by atoms with Crippen molar-refractivity contribution in [2.75, 3.05) is 0 Å². The zero-order valence-electron chi connectivity index (χ0n) is 10.3. The Kier molecular flexibility index (Phi) is 3.07. The maximum Gasteiger partial charge on any atom is 0.0571 e. The number of aromatic nitrogens is 2. The summed E-state index contributed by atoms with van der Waals surface area (Å²) in [5.74, 6) is 0.696. The van der Waals surface area contributed by atoms with Crippen LogP contribution < -0.4 is 5.73 Å². The number of nitrogens with two attached hydrogens (primary N) is 1. The fourth-order valence-electron chi connectivity index (χ4n) is 2.55. The van der Waals surface area contributed by atoms with Crippen molar-refractivity contribution < 1.29 is 0 Å². The molecule has 0 radical (unpaired) electrons. The van der Waals surface area contributed by atoms with E-state index in [1.165, 1.54) is 30.4 Å². The molecule has 2 N–H and O–H groups in total. The number of rotatable bonds is 3. The molecular formula is C15H17N3. The summed E-state index contributed by atoms with van der Waals surface area (Å²) in [6.45, 7) is 0. The van der Waals surface area contributed by atoms with Gasteiger partial charge in [-0.1, -0.05) is 30.7 Å². The maximum absolute atomic E-state index is 6.37. The molecule has 1 saturated carbocycles. The minimum Gasteiger partial charge on any atom is -0.320 e. The summed E-state index contributed by atoms with van der Waals surface area (Å²) in [4.78, 5) is 0. The van der Waals surface area contributed by atoms with E-state index in [0.717, 1.165) is 5.56 Å². The molecule has 1 aliphatic carbocycles. The highest BCUT2D eigenvalue weighted by Gasteiger charge is 2.24. The fourth-order valence-corrected chi connectivity index (χ4v) is 2.55. The van der Waals surface area contributed by atoms with Crippen molar-refractivity contribution >= 4 is 0 Å². The summed E-state index contributed by atoms with van der Waals surface area (Å²) in [6, 6.07) is 10.4. The molecule has 1 unspecified atom stereocenters. The lowest BCUT2D eigenvalue weighted by atomic mass is 9.77. The Balaban J connectivity index is 1.96. The lowest BCUT2D eigenvalue weighted by molar-refractivity contribution is 0.416. The Morgan fingerprint density at radius 2 is 1.94 bits per heavy atom. The second-order valence-electron chi connectivity index (χ2n) is 4.91. The fraction of sp³-hybridized carbons (Fsp3) is 0.333. The van der Waals surface area contributed by atoms with E-state index in [1.807, 2.05) is 6.07 Å². The summed E-state index contributed by atoms with van der Waals surface area (Å²) in [5.41, 5.74) is 10.0. The Morgan fingerprint density at radius 1 is 1.11 bits per heavy atom. The van der Waals surface area contributed by atoms with Crippen LogP contribution in [0.15, 0.2) is 42.7 Å². The molecule has 0 amide bonds. The van der Waals surface area contributed by atoms with E-state index in [2.05, 4.69) is 34.5 Å². The normalized spacial score (nSPS) is 17.2. The van der Waals surface area contributed by atoms with Crippen molar-refractivity contribution in [2.45, 2.75) is 31.2 Å². The van der Waals surface area contributed by atoms with E-state index in [0.29, 0.717) is 5.92 Å². The van der Waals surface area contributed by atoms with Gasteiger partial charge in [-0.3, -0.25) is 0 Å². The smallest absolute Gasteiger partial charge is 0.0571 e. The van der Waals surface area contributed by atoms with Crippen LogP contribution in [0.5, 0.6) is 0 Å². The van der Waals surface area contributed by atoms with Gasteiger partial charge >= 0.3 is 0 Å². The van der Waals surface area contributed by atoms with Gasteiger partial charge in [0, 0.05) is 6.20 Å². The van der Waals surface area contributed by atoms with Crippen LogP contribution in [-0.2, 0) is 0 Å². The Morgan fingerprint density at radius 3 is 2.61 bits per heavy atom. The van der Waals surface area contributed by atoms with Crippen molar-refractivity contribution in [1.29, 1.82) is 0 Å². The van der Waals surface area contributed by atoms with Crippen LogP contribution in [0.2, 0.25) is 0 Å². The predicted molar refractivity (Wildman–Crippen MR) is 71.1 cm³/mol. The van der Waals surface area contributed by atoms with Crippen LogP contribution in [0.25, 0.3) is 0 Å². The van der Waals surface area contributed by atoms with Crippen molar-refractivity contribution in [3.8, 4) is 0 Å².